The standard InChI is InChI=1S/C29H34Cl2FN7O2/c1-4-8-36-9-11-39(12-10-36)29-34-25(21-6-7-24(32)22(30)18-21)19-26(35-29)37-13-15-38(16-14-37)27(33-3)23(31)17-20(5-2)28(40)41/h5-7,17-19H,2-4,8-16H2,1H3,(H,40,41)/b20-17+,27-23-. The molecule has 2 fully saturated rings. The van der Waals surface area contributed by atoms with Gasteiger partial charge in [-0.05, 0) is 44.0 Å². The van der Waals surface area contributed by atoms with Crippen LogP contribution in [0.15, 0.2) is 64.4 Å². The molecule has 0 aliphatic carbocycles. The van der Waals surface area contributed by atoms with Crippen molar-refractivity contribution in [3.8, 4) is 11.3 Å². The first-order chi connectivity index (χ1) is 19.7. The number of aliphatic carboxylic acids is 1. The number of carboxylic acid groups (broad SMARTS) is 1. The highest BCUT2D eigenvalue weighted by Crippen LogP contribution is 2.30. The summed E-state index contributed by atoms with van der Waals surface area (Å²) < 4.78 is 13.9. The minimum atomic E-state index is -1.13. The van der Waals surface area contributed by atoms with E-state index in [1.54, 1.807) is 12.1 Å². The molecule has 3 heterocycles. The number of carboxylic acids is 1. The topological polar surface area (TPSA) is 88.4 Å². The van der Waals surface area contributed by atoms with Gasteiger partial charge in [0.15, 0.2) is 0 Å². The molecule has 4 rings (SSSR count). The molecule has 1 aromatic carbocycles. The van der Waals surface area contributed by atoms with Crippen LogP contribution in [0.1, 0.15) is 13.3 Å². The molecule has 218 valence electrons. The molecule has 2 aliphatic heterocycles. The van der Waals surface area contributed by atoms with E-state index >= 15 is 0 Å². The largest absolute Gasteiger partial charge is 0.478 e. The highest BCUT2D eigenvalue weighted by Gasteiger charge is 2.25. The monoisotopic (exact) mass is 601 g/mol. The van der Waals surface area contributed by atoms with Gasteiger partial charge in [0.2, 0.25) is 5.95 Å². The van der Waals surface area contributed by atoms with Crippen molar-refractivity contribution in [2.45, 2.75) is 13.3 Å². The van der Waals surface area contributed by atoms with Crippen molar-refractivity contribution in [1.29, 1.82) is 0 Å². The Balaban J connectivity index is 1.60. The zero-order valence-corrected chi connectivity index (χ0v) is 24.6. The van der Waals surface area contributed by atoms with E-state index in [1.807, 2.05) is 11.0 Å². The molecule has 0 unspecified atom stereocenters. The number of piperazine rings is 2. The van der Waals surface area contributed by atoms with E-state index in [4.69, 9.17) is 33.2 Å². The van der Waals surface area contributed by atoms with Crippen LogP contribution < -0.4 is 9.80 Å². The van der Waals surface area contributed by atoms with Crippen LogP contribution in [0.5, 0.6) is 0 Å². The lowest BCUT2D eigenvalue weighted by Crippen LogP contribution is -2.48. The summed E-state index contributed by atoms with van der Waals surface area (Å²) in [5, 5.41) is 9.52. The highest BCUT2D eigenvalue weighted by molar-refractivity contribution is 6.32. The molecule has 1 N–H and O–H groups in total. The summed E-state index contributed by atoms with van der Waals surface area (Å²) in [4.78, 5) is 34.0. The van der Waals surface area contributed by atoms with Gasteiger partial charge in [-0.3, -0.25) is 4.90 Å². The average Bonchev–Trinajstić information content (AvgIpc) is 2.98. The molecule has 0 bridgehead atoms. The second-order valence-electron chi connectivity index (χ2n) is 9.78. The third-order valence-corrected chi connectivity index (χ3v) is 7.69. The molecule has 0 radical (unpaired) electrons. The number of carbonyl (C=O) groups is 1. The van der Waals surface area contributed by atoms with Crippen molar-refractivity contribution < 1.29 is 14.3 Å². The molecule has 2 aromatic rings. The summed E-state index contributed by atoms with van der Waals surface area (Å²) in [6.07, 6.45) is 3.66. The van der Waals surface area contributed by atoms with E-state index in [-0.39, 0.29) is 15.6 Å². The molecular formula is C29H34Cl2FN7O2. The lowest BCUT2D eigenvalue weighted by atomic mass is 10.1. The highest BCUT2D eigenvalue weighted by atomic mass is 35.5. The maximum absolute atomic E-state index is 13.9. The number of aromatic nitrogens is 2. The first kappa shape index (κ1) is 30.5. The van der Waals surface area contributed by atoms with Gasteiger partial charge in [0.25, 0.3) is 0 Å². The van der Waals surface area contributed by atoms with Crippen LogP contribution in [-0.2, 0) is 4.79 Å². The van der Waals surface area contributed by atoms with Crippen molar-refractivity contribution in [2.24, 2.45) is 4.99 Å². The number of benzene rings is 1. The Hall–Kier alpha value is -3.47. The van der Waals surface area contributed by atoms with Gasteiger partial charge in [-0.25, -0.2) is 19.2 Å². The quantitative estimate of drug-likeness (QED) is 0.234. The molecule has 0 saturated carbocycles. The molecule has 0 spiro atoms. The van der Waals surface area contributed by atoms with Crippen LogP contribution >= 0.6 is 23.2 Å². The Morgan fingerprint density at radius 3 is 2.37 bits per heavy atom. The van der Waals surface area contributed by atoms with Gasteiger partial charge in [0, 0.05) is 64.0 Å². The molecule has 12 heteroatoms. The van der Waals surface area contributed by atoms with Crippen LogP contribution in [0.2, 0.25) is 5.02 Å². The number of allylic oxidation sites excluding steroid dienone is 2. The smallest absolute Gasteiger partial charge is 0.335 e. The van der Waals surface area contributed by atoms with Crippen molar-refractivity contribution in [2.75, 3.05) is 68.7 Å². The molecule has 0 amide bonds. The second kappa shape index (κ2) is 13.9. The SMILES string of the molecule is C=C/C(=C\C(Cl)=C(/N=C)N1CCN(c2cc(-c3ccc(F)c(Cl)c3)nc(N3CCN(CCC)CC3)n2)CC1)C(=O)O. The molecule has 0 atom stereocenters. The number of rotatable bonds is 10. The third kappa shape index (κ3) is 7.44. The van der Waals surface area contributed by atoms with Crippen molar-refractivity contribution in [1.82, 2.24) is 19.8 Å². The fraction of sp³-hybridized carbons (Fsp3) is 0.379. The predicted molar refractivity (Wildman–Crippen MR) is 164 cm³/mol. The number of hydrogen-bond acceptors (Lipinski definition) is 8. The maximum atomic E-state index is 13.9. The molecule has 1 aromatic heterocycles. The molecule has 2 aliphatic rings. The number of aliphatic imine (C=N–C) groups is 1. The van der Waals surface area contributed by atoms with Gasteiger partial charge in [-0.1, -0.05) is 42.8 Å². The first-order valence-electron chi connectivity index (χ1n) is 13.5. The fourth-order valence-electron chi connectivity index (χ4n) is 4.90. The van der Waals surface area contributed by atoms with E-state index in [2.05, 4.69) is 39.9 Å². The van der Waals surface area contributed by atoms with E-state index in [1.165, 1.54) is 18.2 Å². The summed E-state index contributed by atoms with van der Waals surface area (Å²) in [7, 11) is 0. The molecule has 41 heavy (non-hydrogen) atoms. The van der Waals surface area contributed by atoms with Gasteiger partial charge in [0.1, 0.15) is 17.5 Å². The second-order valence-corrected chi connectivity index (χ2v) is 10.6. The third-order valence-electron chi connectivity index (χ3n) is 7.13. The van der Waals surface area contributed by atoms with E-state index in [0.29, 0.717) is 49.2 Å². The zero-order chi connectivity index (χ0) is 29.5. The Labute approximate surface area is 249 Å². The number of halogens is 3. The Bertz CT molecular complexity index is 1350. The van der Waals surface area contributed by atoms with Gasteiger partial charge >= 0.3 is 5.97 Å². The Morgan fingerprint density at radius 2 is 1.78 bits per heavy atom. The van der Waals surface area contributed by atoms with Crippen LogP contribution in [0.4, 0.5) is 16.2 Å². The van der Waals surface area contributed by atoms with Gasteiger partial charge in [0.05, 0.1) is 21.3 Å². The summed E-state index contributed by atoms with van der Waals surface area (Å²) in [6, 6.07) is 6.50. The van der Waals surface area contributed by atoms with Gasteiger partial charge in [-0.15, -0.1) is 0 Å². The van der Waals surface area contributed by atoms with E-state index in [9.17, 15) is 14.3 Å². The lowest BCUT2D eigenvalue weighted by molar-refractivity contribution is -0.132. The number of anilines is 2. The van der Waals surface area contributed by atoms with Crippen LogP contribution in [-0.4, -0.2) is 96.5 Å². The van der Waals surface area contributed by atoms with Gasteiger partial charge < -0.3 is 19.8 Å². The lowest BCUT2D eigenvalue weighted by Gasteiger charge is -2.38. The minimum Gasteiger partial charge on any atom is -0.478 e. The number of hydrogen-bond donors (Lipinski definition) is 1. The van der Waals surface area contributed by atoms with Crippen molar-refractivity contribution in [3.05, 3.63) is 70.3 Å². The first-order valence-corrected chi connectivity index (χ1v) is 14.2. The summed E-state index contributed by atoms with van der Waals surface area (Å²) >= 11 is 12.5. The van der Waals surface area contributed by atoms with E-state index in [0.717, 1.165) is 45.0 Å². The van der Waals surface area contributed by atoms with Crippen LogP contribution in [0.3, 0.4) is 0 Å². The molecular weight excluding hydrogens is 568 g/mol. The van der Waals surface area contributed by atoms with Crippen molar-refractivity contribution >= 4 is 47.7 Å². The van der Waals surface area contributed by atoms with E-state index < -0.39 is 11.8 Å². The Morgan fingerprint density at radius 1 is 1.10 bits per heavy atom. The van der Waals surface area contributed by atoms with Gasteiger partial charge in [-0.2, -0.15) is 4.98 Å². The molecule has 2 saturated heterocycles. The summed E-state index contributed by atoms with van der Waals surface area (Å²) in [5.41, 5.74) is 1.34. The van der Waals surface area contributed by atoms with Crippen LogP contribution in [0, 0.1) is 5.82 Å². The fourth-order valence-corrected chi connectivity index (χ4v) is 5.38. The maximum Gasteiger partial charge on any atom is 0.335 e. The van der Waals surface area contributed by atoms with Crippen molar-refractivity contribution in [3.63, 3.8) is 0 Å². The average molecular weight is 603 g/mol. The number of nitrogens with zero attached hydrogens (tertiary/aromatic N) is 7. The minimum absolute atomic E-state index is 0.0349. The predicted octanol–water partition coefficient (Wildman–Crippen LogP) is 4.90. The Kier molecular flexibility index (Phi) is 10.4. The molecule has 9 nitrogen and oxygen atoms in total. The van der Waals surface area contributed by atoms with Crippen LogP contribution in [0.25, 0.3) is 11.3 Å². The zero-order valence-electron chi connectivity index (χ0n) is 23.1. The normalized spacial score (nSPS) is 17.4. The summed E-state index contributed by atoms with van der Waals surface area (Å²) in [6.45, 7) is 16.2. The summed E-state index contributed by atoms with van der Waals surface area (Å²) in [5.74, 6) is 0.176.